The number of hydrogen-bond donors (Lipinski definition) is 0. The van der Waals surface area contributed by atoms with Crippen LogP contribution in [0.15, 0.2) is 35.4 Å². The van der Waals surface area contributed by atoms with Crippen molar-refractivity contribution in [3.63, 3.8) is 0 Å². The predicted molar refractivity (Wildman–Crippen MR) is 110 cm³/mol. The van der Waals surface area contributed by atoms with E-state index < -0.39 is 0 Å². The lowest BCUT2D eigenvalue weighted by Gasteiger charge is -2.29. The van der Waals surface area contributed by atoms with Gasteiger partial charge in [0.1, 0.15) is 12.2 Å². The zero-order valence-electron chi connectivity index (χ0n) is 16.9. The van der Waals surface area contributed by atoms with Crippen molar-refractivity contribution in [2.45, 2.75) is 46.6 Å². The van der Waals surface area contributed by atoms with Crippen LogP contribution in [0.2, 0.25) is 0 Å². The summed E-state index contributed by atoms with van der Waals surface area (Å²) < 4.78 is 2.03. The molecular weight excluding hydrogens is 352 g/mol. The molecule has 2 aliphatic heterocycles. The van der Waals surface area contributed by atoms with E-state index in [1.54, 1.807) is 0 Å². The Morgan fingerprint density at radius 3 is 2.54 bits per heavy atom. The molecule has 0 saturated carbocycles. The molecule has 0 unspecified atom stereocenters. The molecule has 2 aromatic rings. The van der Waals surface area contributed by atoms with E-state index in [9.17, 15) is 9.59 Å². The molecule has 4 rings (SSSR count). The van der Waals surface area contributed by atoms with Gasteiger partial charge < -0.3 is 9.47 Å². The van der Waals surface area contributed by atoms with Crippen LogP contribution < -0.4 is 0 Å². The zero-order valence-corrected chi connectivity index (χ0v) is 16.9. The Balaban J connectivity index is 1.72. The van der Waals surface area contributed by atoms with Gasteiger partial charge in [-0.05, 0) is 31.4 Å². The van der Waals surface area contributed by atoms with Crippen LogP contribution in [0.1, 0.15) is 50.5 Å². The highest BCUT2D eigenvalue weighted by molar-refractivity contribution is 6.03. The SMILES string of the molecule is CC(C)(C)C1=NN(CC(=O)N2CCCCC2)C(=O)c2cc3ccccc3n2C1. The number of hydrazone groups is 1. The first-order chi connectivity index (χ1) is 13.3. The summed E-state index contributed by atoms with van der Waals surface area (Å²) in [5.41, 5.74) is 2.30. The van der Waals surface area contributed by atoms with Gasteiger partial charge in [0.25, 0.3) is 5.91 Å². The van der Waals surface area contributed by atoms with E-state index >= 15 is 0 Å². The molecule has 1 saturated heterocycles. The third-order valence-corrected chi connectivity index (χ3v) is 5.67. The van der Waals surface area contributed by atoms with E-state index in [-0.39, 0.29) is 23.8 Å². The minimum Gasteiger partial charge on any atom is -0.341 e. The topological polar surface area (TPSA) is 57.9 Å². The van der Waals surface area contributed by atoms with Crippen molar-refractivity contribution < 1.29 is 9.59 Å². The second-order valence-corrected chi connectivity index (χ2v) is 8.78. The quantitative estimate of drug-likeness (QED) is 0.800. The second-order valence-electron chi connectivity index (χ2n) is 8.78. The smallest absolute Gasteiger partial charge is 0.291 e. The molecule has 148 valence electrons. The molecule has 0 N–H and O–H groups in total. The van der Waals surface area contributed by atoms with Crippen LogP contribution in [0.3, 0.4) is 0 Å². The molecule has 2 amide bonds. The third-order valence-electron chi connectivity index (χ3n) is 5.67. The molecule has 1 fully saturated rings. The number of nitrogens with zero attached hydrogens (tertiary/aromatic N) is 4. The minimum atomic E-state index is -0.209. The first-order valence-electron chi connectivity index (χ1n) is 10.1. The number of benzene rings is 1. The highest BCUT2D eigenvalue weighted by Crippen LogP contribution is 2.27. The fourth-order valence-corrected chi connectivity index (χ4v) is 3.93. The Hall–Kier alpha value is -2.63. The van der Waals surface area contributed by atoms with Crippen LogP contribution in [-0.4, -0.2) is 51.6 Å². The molecule has 1 aromatic heterocycles. The largest absolute Gasteiger partial charge is 0.341 e. The summed E-state index contributed by atoms with van der Waals surface area (Å²) in [4.78, 5) is 28.0. The lowest BCUT2D eigenvalue weighted by molar-refractivity contribution is -0.132. The van der Waals surface area contributed by atoms with Crippen LogP contribution in [0.25, 0.3) is 10.9 Å². The maximum atomic E-state index is 13.3. The van der Waals surface area contributed by atoms with Crippen molar-refractivity contribution in [3.8, 4) is 0 Å². The molecule has 2 aliphatic rings. The monoisotopic (exact) mass is 380 g/mol. The van der Waals surface area contributed by atoms with Crippen LogP contribution >= 0.6 is 0 Å². The summed E-state index contributed by atoms with van der Waals surface area (Å²) in [5.74, 6) is -0.226. The fraction of sp³-hybridized carbons (Fsp3) is 0.500. The molecule has 3 heterocycles. The van der Waals surface area contributed by atoms with Crippen LogP contribution in [0.4, 0.5) is 0 Å². The van der Waals surface area contributed by atoms with Crippen molar-refractivity contribution >= 4 is 28.4 Å². The van der Waals surface area contributed by atoms with Gasteiger partial charge in [0.15, 0.2) is 0 Å². The number of rotatable bonds is 2. The number of aromatic nitrogens is 1. The number of para-hydroxylation sites is 1. The molecule has 0 bridgehead atoms. The van der Waals surface area contributed by atoms with Gasteiger partial charge in [0, 0.05) is 29.4 Å². The van der Waals surface area contributed by atoms with E-state index in [1.807, 2.05) is 39.8 Å². The van der Waals surface area contributed by atoms with Crippen molar-refractivity contribution in [1.29, 1.82) is 0 Å². The Kier molecular flexibility index (Phi) is 4.73. The lowest BCUT2D eigenvalue weighted by Crippen LogP contribution is -2.43. The van der Waals surface area contributed by atoms with Gasteiger partial charge in [-0.15, -0.1) is 0 Å². The number of carbonyl (C=O) groups is 2. The number of amides is 2. The standard InChI is InChI=1S/C22H28N4O2/c1-22(2,3)19-14-25-17-10-6-5-9-16(17)13-18(25)21(28)26(23-19)15-20(27)24-11-7-4-8-12-24/h5-6,9-10,13H,4,7-8,11-12,14-15H2,1-3H3. The van der Waals surface area contributed by atoms with Gasteiger partial charge in [-0.1, -0.05) is 39.0 Å². The third kappa shape index (κ3) is 3.43. The van der Waals surface area contributed by atoms with Gasteiger partial charge >= 0.3 is 0 Å². The average Bonchev–Trinajstić information content (AvgIpc) is 2.98. The number of hydrogen-bond acceptors (Lipinski definition) is 3. The van der Waals surface area contributed by atoms with Crippen LogP contribution in [0.5, 0.6) is 0 Å². The van der Waals surface area contributed by atoms with Crippen molar-refractivity contribution in [2.24, 2.45) is 10.5 Å². The van der Waals surface area contributed by atoms with Gasteiger partial charge in [-0.3, -0.25) is 9.59 Å². The molecule has 0 aliphatic carbocycles. The fourth-order valence-electron chi connectivity index (χ4n) is 3.93. The van der Waals surface area contributed by atoms with Gasteiger partial charge in [-0.25, -0.2) is 5.01 Å². The minimum absolute atomic E-state index is 0.0000609. The Labute approximate surface area is 165 Å². The molecule has 0 atom stereocenters. The Bertz CT molecular complexity index is 945. The lowest BCUT2D eigenvalue weighted by atomic mass is 9.90. The summed E-state index contributed by atoms with van der Waals surface area (Å²) >= 11 is 0. The highest BCUT2D eigenvalue weighted by Gasteiger charge is 2.32. The first-order valence-corrected chi connectivity index (χ1v) is 10.1. The van der Waals surface area contributed by atoms with Crippen molar-refractivity contribution in [2.75, 3.05) is 19.6 Å². The summed E-state index contributed by atoms with van der Waals surface area (Å²) in [5, 5.41) is 7.10. The molecule has 6 nitrogen and oxygen atoms in total. The summed E-state index contributed by atoms with van der Waals surface area (Å²) in [6.07, 6.45) is 3.23. The van der Waals surface area contributed by atoms with Gasteiger partial charge in [0.2, 0.25) is 5.91 Å². The number of carbonyl (C=O) groups excluding carboxylic acids is 2. The first kappa shape index (κ1) is 18.7. The van der Waals surface area contributed by atoms with Gasteiger partial charge in [0.05, 0.1) is 12.3 Å². The number of piperidine rings is 1. The summed E-state index contributed by atoms with van der Waals surface area (Å²) in [6, 6.07) is 9.92. The van der Waals surface area contributed by atoms with E-state index in [1.165, 1.54) is 11.4 Å². The summed E-state index contributed by atoms with van der Waals surface area (Å²) in [6.45, 7) is 8.38. The molecular formula is C22H28N4O2. The molecule has 0 spiro atoms. The van der Waals surface area contributed by atoms with E-state index in [2.05, 4.69) is 25.9 Å². The molecule has 6 heteroatoms. The van der Waals surface area contributed by atoms with Crippen LogP contribution in [0, 0.1) is 5.41 Å². The highest BCUT2D eigenvalue weighted by atomic mass is 16.2. The normalized spacial score (nSPS) is 18.1. The van der Waals surface area contributed by atoms with E-state index in [4.69, 9.17) is 0 Å². The molecule has 28 heavy (non-hydrogen) atoms. The van der Waals surface area contributed by atoms with Gasteiger partial charge in [-0.2, -0.15) is 5.10 Å². The Morgan fingerprint density at radius 1 is 1.11 bits per heavy atom. The average molecular weight is 380 g/mol. The summed E-state index contributed by atoms with van der Waals surface area (Å²) in [7, 11) is 0. The zero-order chi connectivity index (χ0) is 19.9. The maximum absolute atomic E-state index is 13.3. The molecule has 0 radical (unpaired) electrons. The maximum Gasteiger partial charge on any atom is 0.291 e. The second kappa shape index (κ2) is 7.08. The number of fused-ring (bicyclic) bond motifs is 3. The van der Waals surface area contributed by atoms with E-state index in [0.717, 1.165) is 42.5 Å². The molecule has 1 aromatic carbocycles. The number of likely N-dealkylation sites (tertiary alicyclic amines) is 1. The van der Waals surface area contributed by atoms with Crippen LogP contribution in [-0.2, 0) is 11.3 Å². The van der Waals surface area contributed by atoms with Crippen molar-refractivity contribution in [1.82, 2.24) is 14.5 Å². The van der Waals surface area contributed by atoms with E-state index in [0.29, 0.717) is 12.2 Å². The predicted octanol–water partition coefficient (Wildman–Crippen LogP) is 3.51. The van der Waals surface area contributed by atoms with Crippen molar-refractivity contribution in [3.05, 3.63) is 36.0 Å². The Morgan fingerprint density at radius 2 is 1.82 bits per heavy atom.